The maximum atomic E-state index is 13.6. The first-order valence-corrected chi connectivity index (χ1v) is 14.5. The van der Waals surface area contributed by atoms with Gasteiger partial charge in [0.15, 0.2) is 11.5 Å². The Kier molecular flexibility index (Phi) is 7.54. The van der Waals surface area contributed by atoms with Crippen LogP contribution in [0.2, 0.25) is 0 Å². The number of nitrogen functional groups attached to an aromatic ring is 1. The van der Waals surface area contributed by atoms with Crippen LogP contribution in [0.1, 0.15) is 69.4 Å². The van der Waals surface area contributed by atoms with Crippen LogP contribution in [0.3, 0.4) is 0 Å². The van der Waals surface area contributed by atoms with E-state index in [1.54, 1.807) is 25.3 Å². The Morgan fingerprint density at radius 1 is 1.11 bits per heavy atom. The molecule has 6 rings (SSSR count). The van der Waals surface area contributed by atoms with Crippen molar-refractivity contribution in [1.29, 1.82) is 10.5 Å². The number of rotatable bonds is 10. The topological polar surface area (TPSA) is 122 Å². The summed E-state index contributed by atoms with van der Waals surface area (Å²) in [6.07, 6.45) is 8.78. The summed E-state index contributed by atoms with van der Waals surface area (Å²) >= 11 is 1.27. The molecule has 4 aliphatic carbocycles. The van der Waals surface area contributed by atoms with Gasteiger partial charge >= 0.3 is 0 Å². The average Bonchev–Trinajstić information content (AvgIpc) is 2.90. The monoisotopic (exact) mass is 530 g/mol. The van der Waals surface area contributed by atoms with Crippen molar-refractivity contribution >= 4 is 23.4 Å². The molecule has 1 aromatic carbocycles. The van der Waals surface area contributed by atoms with Crippen molar-refractivity contribution in [2.24, 2.45) is 23.2 Å². The number of ether oxygens (including phenoxy) is 2. The van der Waals surface area contributed by atoms with Crippen LogP contribution in [0.15, 0.2) is 23.2 Å². The molecule has 1 heterocycles. The first-order chi connectivity index (χ1) is 18.4. The van der Waals surface area contributed by atoms with E-state index in [9.17, 15) is 15.3 Å². The van der Waals surface area contributed by atoms with Gasteiger partial charge in [0.1, 0.15) is 34.3 Å². The Bertz CT molecular complexity index is 1290. The number of pyridine rings is 1. The number of methoxy groups -OCH3 is 1. The molecular weight excluding hydrogens is 496 g/mol. The van der Waals surface area contributed by atoms with Gasteiger partial charge in [-0.1, -0.05) is 31.2 Å². The van der Waals surface area contributed by atoms with E-state index < -0.39 is 0 Å². The Labute approximate surface area is 228 Å². The van der Waals surface area contributed by atoms with Gasteiger partial charge in [0.25, 0.3) is 0 Å². The molecule has 0 radical (unpaired) electrons. The number of carbonyl (C=O) groups is 1. The predicted molar refractivity (Wildman–Crippen MR) is 147 cm³/mol. The summed E-state index contributed by atoms with van der Waals surface area (Å²) in [6.45, 7) is 2.66. The molecule has 0 atom stereocenters. The number of Topliss-reactive ketones (excluding diaryl/α,β-unsaturated/α-hetero) is 1. The highest BCUT2D eigenvalue weighted by atomic mass is 32.2. The van der Waals surface area contributed by atoms with Gasteiger partial charge < -0.3 is 15.2 Å². The van der Waals surface area contributed by atoms with Crippen molar-refractivity contribution in [2.75, 3.05) is 25.2 Å². The quantitative estimate of drug-likeness (QED) is 0.287. The smallest absolute Gasteiger partial charge is 0.161 e. The number of benzene rings is 1. The molecule has 2 N–H and O–H groups in total. The summed E-state index contributed by atoms with van der Waals surface area (Å²) in [5.74, 6) is 3.73. The lowest BCUT2D eigenvalue weighted by atomic mass is 9.48. The second-order valence-electron chi connectivity index (χ2n) is 11.1. The van der Waals surface area contributed by atoms with Gasteiger partial charge in [0, 0.05) is 11.0 Å². The highest BCUT2D eigenvalue weighted by Gasteiger charge is 2.54. The molecule has 0 saturated heterocycles. The number of aromatic nitrogens is 1. The zero-order valence-electron chi connectivity index (χ0n) is 22.1. The maximum absolute atomic E-state index is 13.6. The number of nitrogens with two attached hydrogens (primary N) is 1. The molecule has 38 heavy (non-hydrogen) atoms. The molecule has 0 unspecified atom stereocenters. The third-order valence-electron chi connectivity index (χ3n) is 8.59. The van der Waals surface area contributed by atoms with Crippen molar-refractivity contribution in [3.63, 3.8) is 0 Å². The third-order valence-corrected chi connectivity index (χ3v) is 9.57. The van der Waals surface area contributed by atoms with Gasteiger partial charge in [-0.25, -0.2) is 4.98 Å². The number of nitrogens with zero attached hydrogens (tertiary/aromatic N) is 3. The van der Waals surface area contributed by atoms with Gasteiger partial charge in [-0.15, -0.1) is 0 Å². The molecule has 4 saturated carbocycles. The Balaban J connectivity index is 1.44. The van der Waals surface area contributed by atoms with E-state index in [1.165, 1.54) is 31.0 Å². The molecule has 4 fully saturated rings. The Morgan fingerprint density at radius 2 is 1.76 bits per heavy atom. The molecule has 198 valence electrons. The second kappa shape index (κ2) is 10.9. The fourth-order valence-corrected chi connectivity index (χ4v) is 8.23. The van der Waals surface area contributed by atoms with Crippen LogP contribution >= 0.6 is 11.8 Å². The van der Waals surface area contributed by atoms with Gasteiger partial charge in [-0.3, -0.25) is 4.79 Å². The summed E-state index contributed by atoms with van der Waals surface area (Å²) in [6, 6.07) is 9.71. The number of anilines is 1. The fraction of sp³-hybridized carbons (Fsp3) is 0.533. The van der Waals surface area contributed by atoms with E-state index in [0.717, 1.165) is 32.1 Å². The van der Waals surface area contributed by atoms with E-state index in [2.05, 4.69) is 24.0 Å². The normalized spacial score (nSPS) is 25.0. The number of carbonyl (C=O) groups excluding carboxylic acids is 1. The van der Waals surface area contributed by atoms with Crippen molar-refractivity contribution in [3.8, 4) is 34.8 Å². The molecule has 0 amide bonds. The molecular formula is C30H34N4O3S. The minimum atomic E-state index is -0.212. The van der Waals surface area contributed by atoms with Gasteiger partial charge in [0.05, 0.1) is 25.0 Å². The van der Waals surface area contributed by atoms with Crippen LogP contribution in [0.4, 0.5) is 5.82 Å². The molecule has 7 nitrogen and oxygen atoms in total. The fourth-order valence-electron chi connectivity index (χ4n) is 7.20. The van der Waals surface area contributed by atoms with Crippen LogP contribution in [0, 0.1) is 45.8 Å². The third kappa shape index (κ3) is 4.83. The minimum Gasteiger partial charge on any atom is -0.493 e. The first-order valence-electron chi connectivity index (χ1n) is 13.5. The summed E-state index contributed by atoms with van der Waals surface area (Å²) < 4.78 is 11.4. The van der Waals surface area contributed by atoms with Crippen LogP contribution in [0.5, 0.6) is 11.5 Å². The van der Waals surface area contributed by atoms with Crippen molar-refractivity contribution in [3.05, 3.63) is 29.3 Å². The lowest BCUT2D eigenvalue weighted by Gasteiger charge is -2.56. The number of nitriles is 2. The van der Waals surface area contributed by atoms with E-state index in [1.807, 2.05) is 0 Å². The Morgan fingerprint density at radius 3 is 2.34 bits per heavy atom. The zero-order valence-corrected chi connectivity index (χ0v) is 22.9. The van der Waals surface area contributed by atoms with Crippen LogP contribution < -0.4 is 15.2 Å². The molecule has 4 bridgehead atoms. The summed E-state index contributed by atoms with van der Waals surface area (Å²) in [4.78, 5) is 18.0. The highest BCUT2D eigenvalue weighted by molar-refractivity contribution is 8.00. The SMILES string of the molecule is CCCCOc1ccc(-c2c(C#N)c(N)nc(SCC(=O)C34CC5CC(CC(C5)C3)C4)c2C#N)cc1OC. The largest absolute Gasteiger partial charge is 0.493 e. The van der Waals surface area contributed by atoms with Gasteiger partial charge in [-0.05, 0) is 80.4 Å². The van der Waals surface area contributed by atoms with Gasteiger partial charge in [-0.2, -0.15) is 10.5 Å². The van der Waals surface area contributed by atoms with Gasteiger partial charge in [0.2, 0.25) is 0 Å². The molecule has 0 aliphatic heterocycles. The predicted octanol–water partition coefficient (Wildman–Crippen LogP) is 6.14. The van der Waals surface area contributed by atoms with Crippen LogP contribution in [0.25, 0.3) is 11.1 Å². The molecule has 0 spiro atoms. The lowest BCUT2D eigenvalue weighted by Crippen LogP contribution is -2.50. The summed E-state index contributed by atoms with van der Waals surface area (Å²) in [5.41, 5.74) is 7.43. The molecule has 8 heteroatoms. The second-order valence-corrected chi connectivity index (χ2v) is 12.1. The highest BCUT2D eigenvalue weighted by Crippen LogP contribution is 2.60. The number of unbranched alkanes of at least 4 members (excludes halogenated alkanes) is 1. The zero-order chi connectivity index (χ0) is 26.9. The van der Waals surface area contributed by atoms with Crippen molar-refractivity contribution in [2.45, 2.75) is 63.3 Å². The van der Waals surface area contributed by atoms with Crippen LogP contribution in [-0.4, -0.2) is 30.2 Å². The number of thioether (sulfide) groups is 1. The molecule has 1 aromatic heterocycles. The standard InChI is InChI=1S/C30H34N4O3S/c1-3-4-7-37-24-6-5-21(11-25(24)36-2)27-22(15-31)28(33)34-29(23(27)16-32)38-17-26(35)30-12-18-8-19(13-30)10-20(9-18)14-30/h5-6,11,18-20H,3-4,7-10,12-14,17H2,1-2H3,(H2,33,34). The number of ketones is 1. The number of hydrogen-bond acceptors (Lipinski definition) is 8. The number of hydrogen-bond donors (Lipinski definition) is 1. The van der Waals surface area contributed by atoms with Crippen LogP contribution in [-0.2, 0) is 4.79 Å². The molecule has 4 aliphatic rings. The van der Waals surface area contributed by atoms with E-state index >= 15 is 0 Å². The lowest BCUT2D eigenvalue weighted by molar-refractivity contribution is -0.141. The molecule has 2 aromatic rings. The minimum absolute atomic E-state index is 0.0495. The van der Waals surface area contributed by atoms with Crippen molar-refractivity contribution in [1.82, 2.24) is 4.98 Å². The van der Waals surface area contributed by atoms with E-state index in [0.29, 0.717) is 52.0 Å². The van der Waals surface area contributed by atoms with Crippen molar-refractivity contribution < 1.29 is 14.3 Å². The Hall–Kier alpha value is -3.23. The van der Waals surface area contributed by atoms with E-state index in [4.69, 9.17) is 15.2 Å². The maximum Gasteiger partial charge on any atom is 0.161 e. The summed E-state index contributed by atoms with van der Waals surface area (Å²) in [7, 11) is 1.56. The first kappa shape index (κ1) is 26.4. The summed E-state index contributed by atoms with van der Waals surface area (Å²) in [5, 5.41) is 20.5. The van der Waals surface area contributed by atoms with E-state index in [-0.39, 0.29) is 33.9 Å². The average molecular weight is 531 g/mol.